The Morgan fingerprint density at radius 1 is 1.32 bits per heavy atom. The van der Waals surface area contributed by atoms with Crippen LogP contribution in [0.1, 0.15) is 52.1 Å². The third-order valence-corrected chi connectivity index (χ3v) is 4.42. The van der Waals surface area contributed by atoms with Crippen LogP contribution < -0.4 is 15.4 Å². The van der Waals surface area contributed by atoms with Crippen LogP contribution in [0, 0.1) is 5.92 Å². The highest BCUT2D eigenvalue weighted by molar-refractivity contribution is 5.80. The Kier molecular flexibility index (Phi) is 8.06. The van der Waals surface area contributed by atoms with E-state index in [-0.39, 0.29) is 12.1 Å². The Hall–Kier alpha value is -1.75. The highest BCUT2D eigenvalue weighted by Crippen LogP contribution is 2.31. The van der Waals surface area contributed by atoms with Gasteiger partial charge in [0.1, 0.15) is 5.75 Å². The molecule has 0 aliphatic carbocycles. The van der Waals surface area contributed by atoms with Gasteiger partial charge >= 0.3 is 0 Å². The highest BCUT2D eigenvalue weighted by Gasteiger charge is 2.21. The van der Waals surface area contributed by atoms with E-state index in [2.05, 4.69) is 43.5 Å². The van der Waals surface area contributed by atoms with Crippen molar-refractivity contribution in [3.8, 4) is 5.75 Å². The molecule has 5 nitrogen and oxygen atoms in total. The summed E-state index contributed by atoms with van der Waals surface area (Å²) in [5.74, 6) is 2.34. The minimum Gasteiger partial charge on any atom is -0.493 e. The van der Waals surface area contributed by atoms with Gasteiger partial charge in [0.2, 0.25) is 0 Å². The molecule has 1 aromatic rings. The molecule has 1 heterocycles. The van der Waals surface area contributed by atoms with Crippen molar-refractivity contribution in [2.45, 2.75) is 52.7 Å². The van der Waals surface area contributed by atoms with E-state index in [9.17, 15) is 0 Å². The van der Waals surface area contributed by atoms with Crippen molar-refractivity contribution >= 4 is 5.96 Å². The minimum absolute atomic E-state index is 0.232. The molecule has 0 saturated carbocycles. The average Bonchev–Trinajstić information content (AvgIpc) is 2.61. The summed E-state index contributed by atoms with van der Waals surface area (Å²) >= 11 is 0. The smallest absolute Gasteiger partial charge is 0.191 e. The molecular weight excluding hydrogens is 314 g/mol. The van der Waals surface area contributed by atoms with Gasteiger partial charge in [0.05, 0.1) is 18.8 Å². The molecule has 25 heavy (non-hydrogen) atoms. The average molecular weight is 348 g/mol. The summed E-state index contributed by atoms with van der Waals surface area (Å²) in [4.78, 5) is 4.76. The van der Waals surface area contributed by atoms with Gasteiger partial charge < -0.3 is 20.1 Å². The molecule has 0 bridgehead atoms. The van der Waals surface area contributed by atoms with Crippen molar-refractivity contribution in [3.63, 3.8) is 0 Å². The maximum atomic E-state index is 5.82. The summed E-state index contributed by atoms with van der Waals surface area (Å²) in [5.41, 5.74) is 1.20. The quantitative estimate of drug-likeness (QED) is 0.558. The number of guanidine groups is 1. The van der Waals surface area contributed by atoms with E-state index in [1.807, 2.05) is 19.1 Å². The van der Waals surface area contributed by atoms with Crippen molar-refractivity contribution < 1.29 is 9.47 Å². The molecule has 1 aliphatic heterocycles. The summed E-state index contributed by atoms with van der Waals surface area (Å²) in [7, 11) is 0. The van der Waals surface area contributed by atoms with Crippen LogP contribution in [0.5, 0.6) is 5.75 Å². The van der Waals surface area contributed by atoms with Gasteiger partial charge in [-0.25, -0.2) is 0 Å². The number of rotatable bonds is 8. The summed E-state index contributed by atoms with van der Waals surface area (Å²) in [6.07, 6.45) is 2.14. The van der Waals surface area contributed by atoms with E-state index in [0.717, 1.165) is 50.9 Å². The normalized spacial score (nSPS) is 18.4. The molecule has 1 aliphatic rings. The molecule has 5 heteroatoms. The molecule has 0 spiro atoms. The molecule has 140 valence electrons. The fourth-order valence-electron chi connectivity index (χ4n) is 3.10. The Morgan fingerprint density at radius 3 is 2.84 bits per heavy atom. The van der Waals surface area contributed by atoms with Crippen molar-refractivity contribution in [3.05, 3.63) is 29.8 Å². The Bertz CT molecular complexity index is 545. The molecule has 2 atom stereocenters. The number of hydrogen-bond acceptors (Lipinski definition) is 3. The van der Waals surface area contributed by atoms with Crippen LogP contribution in [0.15, 0.2) is 29.3 Å². The van der Waals surface area contributed by atoms with Gasteiger partial charge in [0.15, 0.2) is 5.96 Å². The predicted octanol–water partition coefficient (Wildman–Crippen LogP) is 3.52. The molecular formula is C20H33N3O2. The van der Waals surface area contributed by atoms with Gasteiger partial charge in [-0.2, -0.15) is 0 Å². The fraction of sp³-hybridized carbons (Fsp3) is 0.650. The van der Waals surface area contributed by atoms with Gasteiger partial charge in [0.25, 0.3) is 0 Å². The molecule has 1 aromatic carbocycles. The first kappa shape index (κ1) is 19.6. The molecule has 0 aromatic heterocycles. The van der Waals surface area contributed by atoms with E-state index < -0.39 is 0 Å². The summed E-state index contributed by atoms with van der Waals surface area (Å²) in [6, 6.07) is 8.46. The monoisotopic (exact) mass is 347 g/mol. The van der Waals surface area contributed by atoms with E-state index in [4.69, 9.17) is 14.5 Å². The van der Waals surface area contributed by atoms with Crippen molar-refractivity contribution in [1.82, 2.24) is 10.6 Å². The molecule has 0 fully saturated rings. The minimum atomic E-state index is 0.232. The van der Waals surface area contributed by atoms with Gasteiger partial charge in [-0.1, -0.05) is 32.0 Å². The Morgan fingerprint density at radius 2 is 2.12 bits per heavy atom. The van der Waals surface area contributed by atoms with Crippen molar-refractivity contribution in [2.75, 3.05) is 26.3 Å². The van der Waals surface area contributed by atoms with E-state index in [1.165, 1.54) is 5.56 Å². The van der Waals surface area contributed by atoms with Crippen molar-refractivity contribution in [2.24, 2.45) is 10.9 Å². The lowest BCUT2D eigenvalue weighted by atomic mass is 10.0. The molecule has 2 rings (SSSR count). The third kappa shape index (κ3) is 5.92. The molecule has 2 unspecified atom stereocenters. The maximum absolute atomic E-state index is 5.82. The fourth-order valence-corrected chi connectivity index (χ4v) is 3.10. The van der Waals surface area contributed by atoms with Crippen LogP contribution >= 0.6 is 0 Å². The summed E-state index contributed by atoms with van der Waals surface area (Å²) in [6.45, 7) is 11.6. The van der Waals surface area contributed by atoms with Crippen LogP contribution in [0.3, 0.4) is 0 Å². The van der Waals surface area contributed by atoms with Crippen LogP contribution in [0.4, 0.5) is 0 Å². The number of para-hydroxylation sites is 1. The standard InChI is InChI=1S/C20H33N3O2/c1-5-21-20(22-13-11-18(15(3)4)24-6-2)23-17-12-14-25-19-10-8-7-9-16(17)19/h7-10,15,17-18H,5-6,11-14H2,1-4H3,(H2,21,22,23). The van der Waals surface area contributed by atoms with Crippen molar-refractivity contribution in [1.29, 1.82) is 0 Å². The number of benzene rings is 1. The number of nitrogens with zero attached hydrogens (tertiary/aromatic N) is 1. The zero-order valence-corrected chi connectivity index (χ0v) is 16.0. The van der Waals surface area contributed by atoms with Gasteiger partial charge in [-0.3, -0.25) is 4.99 Å². The first-order chi connectivity index (χ1) is 12.2. The Balaban J connectivity index is 1.98. The van der Waals surface area contributed by atoms with E-state index in [0.29, 0.717) is 5.92 Å². The lowest BCUT2D eigenvalue weighted by Crippen LogP contribution is -2.41. The number of ether oxygens (including phenoxy) is 2. The lowest BCUT2D eigenvalue weighted by Gasteiger charge is -2.28. The first-order valence-electron chi connectivity index (χ1n) is 9.53. The van der Waals surface area contributed by atoms with Crippen LogP contribution in [0.25, 0.3) is 0 Å². The second kappa shape index (κ2) is 10.3. The topological polar surface area (TPSA) is 54.9 Å². The van der Waals surface area contributed by atoms with E-state index in [1.54, 1.807) is 0 Å². The highest BCUT2D eigenvalue weighted by atomic mass is 16.5. The SMILES string of the molecule is CCNC(=NCCC(OCC)C(C)C)NC1CCOc2ccccc21. The number of nitrogens with one attached hydrogen (secondary N) is 2. The zero-order chi connectivity index (χ0) is 18.1. The molecule has 0 saturated heterocycles. The van der Waals surface area contributed by atoms with Crippen LogP contribution in [-0.2, 0) is 4.74 Å². The van der Waals surface area contributed by atoms with Crippen LogP contribution in [-0.4, -0.2) is 38.4 Å². The number of aliphatic imine (C=N–C) groups is 1. The third-order valence-electron chi connectivity index (χ3n) is 4.42. The number of fused-ring (bicyclic) bond motifs is 1. The van der Waals surface area contributed by atoms with Gasteiger partial charge in [-0.15, -0.1) is 0 Å². The summed E-state index contributed by atoms with van der Waals surface area (Å²) in [5, 5.41) is 6.92. The largest absolute Gasteiger partial charge is 0.493 e. The van der Waals surface area contributed by atoms with E-state index >= 15 is 0 Å². The zero-order valence-electron chi connectivity index (χ0n) is 16.0. The maximum Gasteiger partial charge on any atom is 0.191 e. The second-order valence-electron chi connectivity index (χ2n) is 6.66. The lowest BCUT2D eigenvalue weighted by molar-refractivity contribution is 0.0266. The van der Waals surface area contributed by atoms with Gasteiger partial charge in [-0.05, 0) is 32.3 Å². The summed E-state index contributed by atoms with van der Waals surface area (Å²) < 4.78 is 11.6. The van der Waals surface area contributed by atoms with Crippen LogP contribution in [0.2, 0.25) is 0 Å². The first-order valence-corrected chi connectivity index (χ1v) is 9.53. The van der Waals surface area contributed by atoms with Gasteiger partial charge in [0, 0.05) is 31.7 Å². The second-order valence-corrected chi connectivity index (χ2v) is 6.66. The molecule has 0 amide bonds. The number of hydrogen-bond donors (Lipinski definition) is 2. The predicted molar refractivity (Wildman–Crippen MR) is 103 cm³/mol. The molecule has 0 radical (unpaired) electrons. The molecule has 2 N–H and O–H groups in total. The Labute approximate surface area is 152 Å².